The molecule has 4 atom stereocenters. The maximum atomic E-state index is 11.9. The molecule has 0 aromatic carbocycles. The molecule has 12 heteroatoms. The number of hydrogen-bond acceptors (Lipinski definition) is 11. The summed E-state index contributed by atoms with van der Waals surface area (Å²) in [5.41, 5.74) is -2.55. The van der Waals surface area contributed by atoms with Crippen LogP contribution in [-0.4, -0.2) is 71.4 Å². The summed E-state index contributed by atoms with van der Waals surface area (Å²) in [6.07, 6.45) is -5.36. The topological polar surface area (TPSA) is 169 Å². The van der Waals surface area contributed by atoms with E-state index in [9.17, 15) is 33.9 Å². The van der Waals surface area contributed by atoms with Gasteiger partial charge in [0.05, 0.1) is 0 Å². The Bertz CT molecular complexity index is 669. The van der Waals surface area contributed by atoms with Gasteiger partial charge in [0, 0.05) is 34.6 Å². The lowest BCUT2D eigenvalue weighted by Gasteiger charge is -2.38. The summed E-state index contributed by atoms with van der Waals surface area (Å²) >= 11 is 0. The van der Waals surface area contributed by atoms with E-state index in [4.69, 9.17) is 23.7 Å². The number of rotatable bonds is 10. The van der Waals surface area contributed by atoms with Gasteiger partial charge in [0.25, 0.3) is 0 Å². The number of ether oxygens (including phenoxy) is 5. The Kier molecular flexibility index (Phi) is 9.77. The molecular weight excluding hydrogens is 396 g/mol. The molecule has 0 saturated heterocycles. The number of carboxylic acids is 1. The van der Waals surface area contributed by atoms with Crippen molar-refractivity contribution in [2.75, 3.05) is 6.61 Å². The minimum Gasteiger partial charge on any atom is -0.478 e. The van der Waals surface area contributed by atoms with Gasteiger partial charge >= 0.3 is 35.8 Å². The predicted molar refractivity (Wildman–Crippen MR) is 91.1 cm³/mol. The molecule has 0 spiro atoms. The number of carboxylic acid groups (broad SMARTS) is 1. The fraction of sp³-hybridized carbons (Fsp3) is 0.647. The van der Waals surface area contributed by atoms with Crippen LogP contribution in [0.1, 0.15) is 41.5 Å². The lowest BCUT2D eigenvalue weighted by Crippen LogP contribution is -2.61. The van der Waals surface area contributed by atoms with Crippen LogP contribution in [0.3, 0.4) is 0 Å². The minimum atomic E-state index is -2.55. The normalized spacial score (nSPS) is 15.5. The highest BCUT2D eigenvalue weighted by atomic mass is 16.6. The maximum Gasteiger partial charge on any atom is 0.352 e. The molecule has 0 radical (unpaired) electrons. The molecule has 0 aliphatic rings. The molecule has 0 bridgehead atoms. The third-order valence-electron chi connectivity index (χ3n) is 3.35. The van der Waals surface area contributed by atoms with E-state index in [1.54, 1.807) is 0 Å². The highest BCUT2D eigenvalue weighted by Gasteiger charge is 2.55. The van der Waals surface area contributed by atoms with Gasteiger partial charge < -0.3 is 28.8 Å². The molecule has 0 amide bonds. The van der Waals surface area contributed by atoms with Crippen LogP contribution >= 0.6 is 0 Å². The van der Waals surface area contributed by atoms with Crippen molar-refractivity contribution in [2.24, 2.45) is 0 Å². The van der Waals surface area contributed by atoms with Crippen molar-refractivity contribution in [3.8, 4) is 0 Å². The van der Waals surface area contributed by atoms with E-state index in [0.29, 0.717) is 0 Å². The number of aliphatic carboxylic acids is 1. The molecule has 0 heterocycles. The van der Waals surface area contributed by atoms with Crippen LogP contribution in [0.4, 0.5) is 0 Å². The van der Waals surface area contributed by atoms with E-state index < -0.39 is 66.3 Å². The Morgan fingerprint density at radius 2 is 1.24 bits per heavy atom. The first-order valence-electron chi connectivity index (χ1n) is 8.28. The third-order valence-corrected chi connectivity index (χ3v) is 3.35. The maximum absolute atomic E-state index is 11.9. The smallest absolute Gasteiger partial charge is 0.352 e. The number of esters is 5. The van der Waals surface area contributed by atoms with Crippen LogP contribution in [0.15, 0.2) is 0 Å². The summed E-state index contributed by atoms with van der Waals surface area (Å²) in [6, 6.07) is 0. The Morgan fingerprint density at radius 3 is 1.59 bits per heavy atom. The molecule has 0 aliphatic heterocycles. The first kappa shape index (κ1) is 25.8. The summed E-state index contributed by atoms with van der Waals surface area (Å²) in [5, 5.41) is 9.63. The quantitative estimate of drug-likeness (QED) is 0.364. The monoisotopic (exact) mass is 420 g/mol. The number of carbonyl (C=O) groups is 6. The standard InChI is InChI=1S/C17H24O12/c1-8(18)25-7-13(26-9(2)19)14(27-10(3)20)15(28-11(4)21)17(6,16(23)24)29-12(5)22/h13-15H,7H2,1-6H3,(H,23,24)/t13-,14-,15+,17+/m0/s1. The van der Waals surface area contributed by atoms with E-state index in [0.717, 1.165) is 41.5 Å². The van der Waals surface area contributed by atoms with Gasteiger partial charge in [-0.1, -0.05) is 0 Å². The summed E-state index contributed by atoms with van der Waals surface area (Å²) in [5.74, 6) is -6.45. The second kappa shape index (κ2) is 11.0. The Hall–Kier alpha value is -3.18. The summed E-state index contributed by atoms with van der Waals surface area (Å²) in [6.45, 7) is 5.08. The Balaban J connectivity index is 6.46. The predicted octanol–water partition coefficient (Wildman–Crippen LogP) is -0.249. The van der Waals surface area contributed by atoms with E-state index in [2.05, 4.69) is 0 Å². The van der Waals surface area contributed by atoms with Crippen LogP contribution in [-0.2, 0) is 52.5 Å². The van der Waals surface area contributed by atoms with Gasteiger partial charge in [-0.05, 0) is 6.92 Å². The van der Waals surface area contributed by atoms with Crippen LogP contribution in [0.25, 0.3) is 0 Å². The Morgan fingerprint density at radius 1 is 0.759 bits per heavy atom. The van der Waals surface area contributed by atoms with Gasteiger partial charge in [-0.15, -0.1) is 0 Å². The van der Waals surface area contributed by atoms with Gasteiger partial charge in [0.1, 0.15) is 6.61 Å². The molecule has 29 heavy (non-hydrogen) atoms. The SMILES string of the molecule is CC(=O)OC[C@H](OC(C)=O)[C@H](OC(C)=O)[C@@H](OC(C)=O)[C@@](C)(OC(C)=O)C(=O)O. The van der Waals surface area contributed by atoms with E-state index in [1.165, 1.54) is 0 Å². The zero-order valence-electron chi connectivity index (χ0n) is 16.9. The molecule has 0 aliphatic carbocycles. The highest BCUT2D eigenvalue weighted by Crippen LogP contribution is 2.28. The average Bonchev–Trinajstić information content (AvgIpc) is 2.52. The largest absolute Gasteiger partial charge is 0.478 e. The number of carbonyl (C=O) groups excluding carboxylic acids is 5. The number of hydrogen-bond donors (Lipinski definition) is 1. The van der Waals surface area contributed by atoms with Crippen molar-refractivity contribution < 1.29 is 57.6 Å². The summed E-state index contributed by atoms with van der Waals surface area (Å²) in [4.78, 5) is 69.2. The summed E-state index contributed by atoms with van der Waals surface area (Å²) < 4.78 is 24.7. The van der Waals surface area contributed by atoms with Crippen LogP contribution < -0.4 is 0 Å². The van der Waals surface area contributed by atoms with Crippen LogP contribution in [0, 0.1) is 0 Å². The van der Waals surface area contributed by atoms with Crippen molar-refractivity contribution in [1.29, 1.82) is 0 Å². The van der Waals surface area contributed by atoms with Crippen molar-refractivity contribution in [3.05, 3.63) is 0 Å². The first-order chi connectivity index (χ1) is 13.2. The zero-order chi connectivity index (χ0) is 22.9. The van der Waals surface area contributed by atoms with Crippen molar-refractivity contribution in [2.45, 2.75) is 65.5 Å². The molecule has 164 valence electrons. The van der Waals surface area contributed by atoms with Crippen molar-refractivity contribution in [3.63, 3.8) is 0 Å². The van der Waals surface area contributed by atoms with E-state index >= 15 is 0 Å². The minimum absolute atomic E-state index is 0.666. The molecule has 0 saturated carbocycles. The highest BCUT2D eigenvalue weighted by molar-refractivity contribution is 5.82. The molecule has 0 aromatic rings. The fourth-order valence-electron chi connectivity index (χ4n) is 2.33. The molecule has 0 unspecified atom stereocenters. The lowest BCUT2D eigenvalue weighted by molar-refractivity contribution is -0.222. The van der Waals surface area contributed by atoms with Gasteiger partial charge in [0.2, 0.25) is 5.60 Å². The van der Waals surface area contributed by atoms with Gasteiger partial charge in [-0.2, -0.15) is 0 Å². The second-order valence-corrected chi connectivity index (χ2v) is 6.06. The lowest BCUT2D eigenvalue weighted by atomic mass is 9.91. The Labute approximate surface area is 166 Å². The average molecular weight is 420 g/mol. The van der Waals surface area contributed by atoms with E-state index in [-0.39, 0.29) is 0 Å². The van der Waals surface area contributed by atoms with Crippen LogP contribution in [0.5, 0.6) is 0 Å². The molecule has 0 aromatic heterocycles. The molecular formula is C17H24O12. The molecule has 0 fully saturated rings. The first-order valence-corrected chi connectivity index (χ1v) is 8.28. The van der Waals surface area contributed by atoms with E-state index in [1.807, 2.05) is 0 Å². The third kappa shape index (κ3) is 8.58. The van der Waals surface area contributed by atoms with Crippen molar-refractivity contribution >= 4 is 35.8 Å². The van der Waals surface area contributed by atoms with Gasteiger partial charge in [0.15, 0.2) is 18.3 Å². The molecule has 12 nitrogen and oxygen atoms in total. The van der Waals surface area contributed by atoms with Crippen LogP contribution in [0.2, 0.25) is 0 Å². The van der Waals surface area contributed by atoms with Gasteiger partial charge in [-0.3, -0.25) is 24.0 Å². The van der Waals surface area contributed by atoms with Gasteiger partial charge in [-0.25, -0.2) is 4.79 Å². The van der Waals surface area contributed by atoms with Crippen molar-refractivity contribution in [1.82, 2.24) is 0 Å². The zero-order valence-corrected chi connectivity index (χ0v) is 16.9. The molecule has 0 rings (SSSR count). The molecule has 1 N–H and O–H groups in total. The second-order valence-electron chi connectivity index (χ2n) is 6.06. The summed E-state index contributed by atoms with van der Waals surface area (Å²) in [7, 11) is 0. The fourth-order valence-corrected chi connectivity index (χ4v) is 2.33.